The molecule has 2 heterocycles. The molecule has 11 nitrogen and oxygen atoms in total. The average Bonchev–Trinajstić information content (AvgIpc) is 3.35. The second kappa shape index (κ2) is 8.05. The SMILES string of the molecule is O=C1[C@@H]2[C@H](ON(c3ccccc3)[C@@H]2c2cccc([N+](=O)[O-])c2)C(=O)N1c1ccc([N+](=O)[O-])cc1. The molecule has 0 radical (unpaired) electrons. The van der Waals surface area contributed by atoms with Crippen molar-refractivity contribution in [3.05, 3.63) is 105 Å². The van der Waals surface area contributed by atoms with E-state index in [0.29, 0.717) is 11.3 Å². The molecule has 0 aliphatic carbocycles. The maximum atomic E-state index is 13.5. The Hall–Kier alpha value is -4.64. The van der Waals surface area contributed by atoms with Crippen LogP contribution < -0.4 is 9.96 Å². The summed E-state index contributed by atoms with van der Waals surface area (Å²) >= 11 is 0. The molecule has 0 aromatic heterocycles. The summed E-state index contributed by atoms with van der Waals surface area (Å²) < 4.78 is 0. The molecule has 0 bridgehead atoms. The van der Waals surface area contributed by atoms with Crippen molar-refractivity contribution in [3.8, 4) is 0 Å². The first-order valence-corrected chi connectivity index (χ1v) is 10.2. The smallest absolute Gasteiger partial charge is 0.269 e. The second-order valence-electron chi connectivity index (χ2n) is 7.80. The van der Waals surface area contributed by atoms with Gasteiger partial charge in [0.05, 0.1) is 27.3 Å². The highest BCUT2D eigenvalue weighted by atomic mass is 16.7. The zero-order chi connectivity index (χ0) is 24.0. The lowest BCUT2D eigenvalue weighted by Crippen LogP contribution is -2.37. The number of carbonyl (C=O) groups excluding carboxylic acids is 2. The molecule has 170 valence electrons. The molecule has 2 fully saturated rings. The highest BCUT2D eigenvalue weighted by molar-refractivity contribution is 6.24. The first-order chi connectivity index (χ1) is 16.4. The van der Waals surface area contributed by atoms with Crippen LogP contribution in [0.1, 0.15) is 11.6 Å². The fourth-order valence-electron chi connectivity index (χ4n) is 4.35. The van der Waals surface area contributed by atoms with Gasteiger partial charge in [-0.3, -0.25) is 34.7 Å². The Labute approximate surface area is 192 Å². The highest BCUT2D eigenvalue weighted by Gasteiger charge is 2.60. The molecule has 3 atom stereocenters. The Balaban J connectivity index is 1.57. The lowest BCUT2D eigenvalue weighted by molar-refractivity contribution is -0.385. The Morgan fingerprint density at radius 2 is 1.41 bits per heavy atom. The van der Waals surface area contributed by atoms with Gasteiger partial charge in [-0.25, -0.2) is 9.96 Å². The summed E-state index contributed by atoms with van der Waals surface area (Å²) in [6.45, 7) is 0. The number of hydroxylamine groups is 1. The zero-order valence-electron chi connectivity index (χ0n) is 17.4. The van der Waals surface area contributed by atoms with E-state index in [1.807, 2.05) is 0 Å². The second-order valence-corrected chi connectivity index (χ2v) is 7.80. The average molecular weight is 460 g/mol. The molecule has 2 amide bonds. The first-order valence-electron chi connectivity index (χ1n) is 10.2. The standard InChI is InChI=1S/C23H16N4O7/c28-22-19-20(14-5-4-8-18(13-14)27(32)33)25(16-6-2-1-3-7-16)34-21(19)23(29)24(22)15-9-11-17(12-10-15)26(30)31/h1-13,19-21H/t19-,20+,21-/m0/s1. The topological polar surface area (TPSA) is 136 Å². The van der Waals surface area contributed by atoms with E-state index in [1.54, 1.807) is 36.4 Å². The quantitative estimate of drug-likeness (QED) is 0.320. The van der Waals surface area contributed by atoms with Gasteiger partial charge in [0.25, 0.3) is 17.3 Å². The van der Waals surface area contributed by atoms with Crippen molar-refractivity contribution in [3.63, 3.8) is 0 Å². The summed E-state index contributed by atoms with van der Waals surface area (Å²) in [6.07, 6.45) is -1.16. The summed E-state index contributed by atoms with van der Waals surface area (Å²) in [5.41, 5.74) is 0.873. The van der Waals surface area contributed by atoms with E-state index in [-0.39, 0.29) is 17.1 Å². The van der Waals surface area contributed by atoms with Gasteiger partial charge in [-0.05, 0) is 29.8 Å². The summed E-state index contributed by atoms with van der Waals surface area (Å²) in [6, 6.07) is 18.9. The van der Waals surface area contributed by atoms with Gasteiger partial charge in [-0.15, -0.1) is 0 Å². The minimum absolute atomic E-state index is 0.155. The summed E-state index contributed by atoms with van der Waals surface area (Å²) in [5, 5.41) is 23.8. The van der Waals surface area contributed by atoms with Crippen molar-refractivity contribution in [2.24, 2.45) is 5.92 Å². The van der Waals surface area contributed by atoms with Crippen LogP contribution in [0, 0.1) is 26.1 Å². The van der Waals surface area contributed by atoms with Crippen LogP contribution in [-0.2, 0) is 14.4 Å². The van der Waals surface area contributed by atoms with E-state index in [1.165, 1.54) is 47.5 Å². The van der Waals surface area contributed by atoms with Gasteiger partial charge in [0.15, 0.2) is 6.10 Å². The Bertz CT molecular complexity index is 1310. The lowest BCUT2D eigenvalue weighted by Gasteiger charge is -2.28. The molecular formula is C23H16N4O7. The van der Waals surface area contributed by atoms with Crippen LogP contribution in [0.3, 0.4) is 0 Å². The number of hydrogen-bond acceptors (Lipinski definition) is 8. The summed E-state index contributed by atoms with van der Waals surface area (Å²) in [5.74, 6) is -2.15. The maximum absolute atomic E-state index is 13.5. The van der Waals surface area contributed by atoms with Gasteiger partial charge in [-0.1, -0.05) is 30.3 Å². The number of hydrogen-bond donors (Lipinski definition) is 0. The van der Waals surface area contributed by atoms with Crippen LogP contribution in [0.5, 0.6) is 0 Å². The highest BCUT2D eigenvalue weighted by Crippen LogP contribution is 2.48. The van der Waals surface area contributed by atoms with Gasteiger partial charge in [-0.2, -0.15) is 0 Å². The molecule has 11 heteroatoms. The lowest BCUT2D eigenvalue weighted by atomic mass is 9.90. The molecule has 3 aromatic carbocycles. The molecule has 2 aliphatic rings. The van der Waals surface area contributed by atoms with E-state index in [0.717, 1.165) is 4.90 Å². The van der Waals surface area contributed by atoms with Crippen LogP contribution in [-0.4, -0.2) is 27.8 Å². The predicted molar refractivity (Wildman–Crippen MR) is 119 cm³/mol. The number of para-hydroxylation sites is 1. The largest absolute Gasteiger partial charge is 0.273 e. The number of imide groups is 1. The van der Waals surface area contributed by atoms with Crippen LogP contribution in [0.15, 0.2) is 78.9 Å². The minimum Gasteiger partial charge on any atom is -0.273 e. The van der Waals surface area contributed by atoms with Crippen molar-refractivity contribution >= 4 is 34.6 Å². The summed E-state index contributed by atoms with van der Waals surface area (Å²) in [7, 11) is 0. The molecule has 0 saturated carbocycles. The number of amides is 2. The number of non-ortho nitro benzene ring substituents is 2. The Morgan fingerprint density at radius 3 is 2.06 bits per heavy atom. The number of nitrogens with zero attached hydrogens (tertiary/aromatic N) is 4. The summed E-state index contributed by atoms with van der Waals surface area (Å²) in [4.78, 5) is 54.9. The van der Waals surface area contributed by atoms with Crippen LogP contribution >= 0.6 is 0 Å². The van der Waals surface area contributed by atoms with Gasteiger partial charge in [0, 0.05) is 24.3 Å². The molecule has 2 aliphatic heterocycles. The van der Waals surface area contributed by atoms with Crippen molar-refractivity contribution in [1.82, 2.24) is 0 Å². The predicted octanol–water partition coefficient (Wildman–Crippen LogP) is 3.55. The van der Waals surface area contributed by atoms with Crippen molar-refractivity contribution in [1.29, 1.82) is 0 Å². The number of carbonyl (C=O) groups is 2. The van der Waals surface area contributed by atoms with Gasteiger partial charge in [0.1, 0.15) is 5.92 Å². The van der Waals surface area contributed by atoms with Gasteiger partial charge < -0.3 is 0 Å². The number of benzene rings is 3. The fraction of sp³-hybridized carbons (Fsp3) is 0.130. The number of nitro groups is 2. The molecule has 5 rings (SSSR count). The van der Waals surface area contributed by atoms with Crippen molar-refractivity contribution < 1.29 is 24.3 Å². The molecule has 0 unspecified atom stereocenters. The minimum atomic E-state index is -1.16. The maximum Gasteiger partial charge on any atom is 0.269 e. The Kier molecular flexibility index (Phi) is 5.02. The van der Waals surface area contributed by atoms with Crippen LogP contribution in [0.25, 0.3) is 0 Å². The van der Waals surface area contributed by atoms with E-state index in [9.17, 15) is 29.8 Å². The van der Waals surface area contributed by atoms with Gasteiger partial charge >= 0.3 is 0 Å². The molecular weight excluding hydrogens is 444 g/mol. The van der Waals surface area contributed by atoms with Crippen LogP contribution in [0.4, 0.5) is 22.7 Å². The first kappa shape index (κ1) is 21.2. The number of fused-ring (bicyclic) bond motifs is 1. The van der Waals surface area contributed by atoms with Gasteiger partial charge in [0.2, 0.25) is 5.91 Å². The van der Waals surface area contributed by atoms with E-state index < -0.39 is 39.7 Å². The number of rotatable bonds is 5. The molecule has 34 heavy (non-hydrogen) atoms. The van der Waals surface area contributed by atoms with E-state index in [2.05, 4.69) is 0 Å². The molecule has 0 spiro atoms. The Morgan fingerprint density at radius 1 is 0.735 bits per heavy atom. The van der Waals surface area contributed by atoms with E-state index in [4.69, 9.17) is 4.84 Å². The number of nitro benzene ring substituents is 2. The third kappa shape index (κ3) is 3.35. The zero-order valence-corrected chi connectivity index (χ0v) is 17.4. The van der Waals surface area contributed by atoms with E-state index >= 15 is 0 Å². The van der Waals surface area contributed by atoms with Crippen LogP contribution in [0.2, 0.25) is 0 Å². The van der Waals surface area contributed by atoms with Crippen molar-refractivity contribution in [2.45, 2.75) is 12.1 Å². The fourth-order valence-corrected chi connectivity index (χ4v) is 4.35. The number of anilines is 2. The monoisotopic (exact) mass is 460 g/mol. The molecule has 3 aromatic rings. The molecule has 0 N–H and O–H groups in total. The normalized spacial score (nSPS) is 21.6. The van der Waals surface area contributed by atoms with Crippen molar-refractivity contribution in [2.75, 3.05) is 9.96 Å². The third-order valence-electron chi connectivity index (χ3n) is 5.87. The third-order valence-corrected chi connectivity index (χ3v) is 5.87. The molecule has 2 saturated heterocycles.